The van der Waals surface area contributed by atoms with Gasteiger partial charge in [-0.3, -0.25) is 19.3 Å². The largest absolute Gasteiger partial charge is 0.489 e. The zero-order valence-electron chi connectivity index (χ0n) is 23.0. The van der Waals surface area contributed by atoms with Crippen molar-refractivity contribution in [1.29, 1.82) is 0 Å². The highest BCUT2D eigenvalue weighted by Gasteiger charge is 2.36. The van der Waals surface area contributed by atoms with E-state index < -0.39 is 6.04 Å². The number of nitrogens with zero attached hydrogens (tertiary/aromatic N) is 2. The molecule has 0 aromatic heterocycles. The summed E-state index contributed by atoms with van der Waals surface area (Å²) in [6, 6.07) is 4.26. The summed E-state index contributed by atoms with van der Waals surface area (Å²) in [4.78, 5) is 43.4. The first-order valence-corrected chi connectivity index (χ1v) is 14.4. The van der Waals surface area contributed by atoms with Crippen LogP contribution in [0.25, 0.3) is 0 Å². The number of benzene rings is 1. The van der Waals surface area contributed by atoms with Gasteiger partial charge in [-0.1, -0.05) is 37.6 Å². The van der Waals surface area contributed by atoms with Gasteiger partial charge in [0.2, 0.25) is 11.8 Å². The Morgan fingerprint density at radius 2 is 1.87 bits per heavy atom. The van der Waals surface area contributed by atoms with Crippen LogP contribution in [0.2, 0.25) is 5.02 Å². The average molecular weight is 561 g/mol. The second-order valence-corrected chi connectivity index (χ2v) is 11.7. The van der Waals surface area contributed by atoms with E-state index in [1.54, 1.807) is 18.2 Å². The maximum absolute atomic E-state index is 13.4. The molecular formula is C29H41ClN4O5. The minimum Gasteiger partial charge on any atom is -0.489 e. The summed E-state index contributed by atoms with van der Waals surface area (Å²) in [5.41, 5.74) is 0.178. The number of ether oxygens (including phenoxy) is 2. The number of carbonyl (C=O) groups is 3. The van der Waals surface area contributed by atoms with Crippen LogP contribution in [0.4, 0.5) is 0 Å². The van der Waals surface area contributed by atoms with Crippen LogP contribution in [0, 0.1) is 11.3 Å². The van der Waals surface area contributed by atoms with E-state index in [9.17, 15) is 14.4 Å². The Bertz CT molecular complexity index is 1050. The van der Waals surface area contributed by atoms with Gasteiger partial charge in [0, 0.05) is 24.7 Å². The first-order valence-electron chi connectivity index (χ1n) is 14.0. The maximum atomic E-state index is 13.4. The fourth-order valence-corrected chi connectivity index (χ4v) is 5.60. The number of likely N-dealkylation sites (tertiary alicyclic amines) is 1. The Morgan fingerprint density at radius 3 is 2.59 bits per heavy atom. The molecule has 3 heterocycles. The van der Waals surface area contributed by atoms with Crippen LogP contribution in [0.15, 0.2) is 30.4 Å². The molecule has 2 saturated heterocycles. The lowest BCUT2D eigenvalue weighted by Crippen LogP contribution is -2.53. The molecular weight excluding hydrogens is 520 g/mol. The van der Waals surface area contributed by atoms with E-state index in [1.807, 2.05) is 24.8 Å². The molecule has 0 unspecified atom stereocenters. The summed E-state index contributed by atoms with van der Waals surface area (Å²) in [7, 11) is 0. The molecule has 1 aromatic carbocycles. The van der Waals surface area contributed by atoms with E-state index in [-0.39, 0.29) is 29.1 Å². The number of morpholine rings is 1. The summed E-state index contributed by atoms with van der Waals surface area (Å²) >= 11 is 6.17. The van der Waals surface area contributed by atoms with Gasteiger partial charge in [-0.15, -0.1) is 0 Å². The lowest BCUT2D eigenvalue weighted by molar-refractivity contribution is -0.137. The molecule has 3 amide bonds. The van der Waals surface area contributed by atoms with E-state index >= 15 is 0 Å². The predicted octanol–water partition coefficient (Wildman–Crippen LogP) is 2.88. The van der Waals surface area contributed by atoms with Gasteiger partial charge < -0.3 is 25.0 Å². The van der Waals surface area contributed by atoms with Crippen molar-refractivity contribution in [2.75, 3.05) is 59.1 Å². The predicted molar refractivity (Wildman–Crippen MR) is 150 cm³/mol. The van der Waals surface area contributed by atoms with Crippen molar-refractivity contribution in [3.8, 4) is 5.75 Å². The van der Waals surface area contributed by atoms with Crippen LogP contribution >= 0.6 is 11.6 Å². The van der Waals surface area contributed by atoms with E-state index in [0.717, 1.165) is 32.4 Å². The van der Waals surface area contributed by atoms with Crippen LogP contribution in [0.5, 0.6) is 5.75 Å². The van der Waals surface area contributed by atoms with Crippen molar-refractivity contribution in [2.45, 2.75) is 45.6 Å². The normalized spacial score (nSPS) is 23.8. The number of rotatable bonds is 4. The van der Waals surface area contributed by atoms with E-state index in [1.165, 1.54) is 0 Å². The topological polar surface area (TPSA) is 100 Å². The number of hydrogen-bond donors (Lipinski definition) is 2. The Kier molecular flexibility index (Phi) is 10.3. The highest BCUT2D eigenvalue weighted by molar-refractivity contribution is 6.31. The number of allylic oxidation sites excluding steroid dienone is 1. The van der Waals surface area contributed by atoms with Crippen LogP contribution in [0.1, 0.15) is 49.9 Å². The number of carbonyl (C=O) groups excluding carboxylic acids is 3. The average Bonchev–Trinajstić information content (AvgIpc) is 2.93. The lowest BCUT2D eigenvalue weighted by atomic mass is 9.75. The summed E-state index contributed by atoms with van der Waals surface area (Å²) in [5, 5.41) is 6.51. The molecule has 3 aliphatic heterocycles. The molecule has 1 spiro atoms. The van der Waals surface area contributed by atoms with Gasteiger partial charge in [-0.2, -0.15) is 0 Å². The number of halogens is 1. The zero-order valence-corrected chi connectivity index (χ0v) is 23.8. The van der Waals surface area contributed by atoms with Crippen LogP contribution in [0.3, 0.4) is 0 Å². The van der Waals surface area contributed by atoms with Crippen molar-refractivity contribution < 1.29 is 23.9 Å². The Morgan fingerprint density at radius 1 is 1.13 bits per heavy atom. The van der Waals surface area contributed by atoms with Crippen molar-refractivity contribution in [3.05, 3.63) is 40.9 Å². The number of nitrogens with one attached hydrogen (secondary N) is 2. The van der Waals surface area contributed by atoms with Gasteiger partial charge in [0.05, 0.1) is 25.3 Å². The molecule has 2 N–H and O–H groups in total. The fourth-order valence-electron chi connectivity index (χ4n) is 5.42. The molecule has 214 valence electrons. The van der Waals surface area contributed by atoms with Gasteiger partial charge >= 0.3 is 0 Å². The fraction of sp³-hybridized carbons (Fsp3) is 0.621. The first-order chi connectivity index (χ1) is 18.7. The number of piperidine rings is 1. The molecule has 2 fully saturated rings. The third-order valence-corrected chi connectivity index (χ3v) is 8.08. The van der Waals surface area contributed by atoms with E-state index in [4.69, 9.17) is 21.1 Å². The molecule has 0 saturated carbocycles. The minimum atomic E-state index is -0.675. The summed E-state index contributed by atoms with van der Waals surface area (Å²) in [6.07, 6.45) is 7.08. The third-order valence-electron chi connectivity index (χ3n) is 7.84. The second kappa shape index (κ2) is 13.6. The minimum absolute atomic E-state index is 0.132. The molecule has 3 aliphatic rings. The van der Waals surface area contributed by atoms with Crippen molar-refractivity contribution >= 4 is 29.3 Å². The number of amides is 3. The van der Waals surface area contributed by atoms with E-state index in [0.29, 0.717) is 68.8 Å². The Labute approximate surface area is 236 Å². The molecule has 0 radical (unpaired) electrons. The van der Waals surface area contributed by atoms with Crippen molar-refractivity contribution in [1.82, 2.24) is 20.4 Å². The molecule has 4 rings (SSSR count). The Balaban J connectivity index is 1.46. The summed E-state index contributed by atoms with van der Waals surface area (Å²) in [5.74, 6) is 0.211. The van der Waals surface area contributed by atoms with Crippen LogP contribution in [-0.2, 0) is 14.3 Å². The summed E-state index contributed by atoms with van der Waals surface area (Å²) in [6.45, 7) is 9.38. The molecule has 9 nitrogen and oxygen atoms in total. The van der Waals surface area contributed by atoms with Crippen molar-refractivity contribution in [3.63, 3.8) is 0 Å². The van der Waals surface area contributed by atoms with E-state index in [2.05, 4.69) is 21.6 Å². The zero-order chi connectivity index (χ0) is 27.8. The number of hydrogen-bond acceptors (Lipinski definition) is 6. The molecule has 1 atom stereocenters. The van der Waals surface area contributed by atoms with Gasteiger partial charge in [0.15, 0.2) is 0 Å². The third kappa shape index (κ3) is 8.19. The monoisotopic (exact) mass is 560 g/mol. The molecule has 1 aromatic rings. The molecule has 10 heteroatoms. The first kappa shape index (κ1) is 29.4. The highest BCUT2D eigenvalue weighted by Crippen LogP contribution is 2.35. The van der Waals surface area contributed by atoms with Crippen molar-refractivity contribution in [2.24, 2.45) is 11.3 Å². The lowest BCUT2D eigenvalue weighted by Gasteiger charge is -2.42. The molecule has 39 heavy (non-hydrogen) atoms. The van der Waals surface area contributed by atoms with Gasteiger partial charge in [-0.25, -0.2) is 0 Å². The van der Waals surface area contributed by atoms with Gasteiger partial charge in [-0.05, 0) is 68.3 Å². The summed E-state index contributed by atoms with van der Waals surface area (Å²) < 4.78 is 11.3. The van der Waals surface area contributed by atoms with Crippen LogP contribution < -0.4 is 15.4 Å². The molecule has 0 aliphatic carbocycles. The smallest absolute Gasteiger partial charge is 0.255 e. The number of fused-ring (bicyclic) bond motifs is 1. The quantitative estimate of drug-likeness (QED) is 0.549. The standard InChI is InChI=1S/C29H41ClN4O5/c1-21(2)17-24-28(37)31-20-29(8-10-33(11-9-29)19-26(35)34-12-15-38-16-13-34)7-3-4-14-39-25-6-5-22(30)18-23(25)27(36)32-24/h3-6,18,21,24H,7-17,19-20H2,1-2H3,(H,31,37)(H,32,36)/b4-3+/t24-/m0/s1. The maximum Gasteiger partial charge on any atom is 0.255 e. The Hall–Kier alpha value is -2.62. The molecule has 0 bridgehead atoms. The SMILES string of the molecule is CC(C)C[C@@H]1NC(=O)c2cc(Cl)ccc2OC/C=C/CC2(CCN(CC(=O)N3CCOCC3)CC2)CNC1=O. The second-order valence-electron chi connectivity index (χ2n) is 11.3. The van der Waals surface area contributed by atoms with Gasteiger partial charge in [0.1, 0.15) is 18.4 Å². The van der Waals surface area contributed by atoms with Crippen LogP contribution in [-0.4, -0.2) is 92.7 Å². The van der Waals surface area contributed by atoms with Gasteiger partial charge in [0.25, 0.3) is 5.91 Å². The highest BCUT2D eigenvalue weighted by atomic mass is 35.5.